The molecule has 0 radical (unpaired) electrons. The second kappa shape index (κ2) is 8.78. The van der Waals surface area contributed by atoms with Gasteiger partial charge in [-0.25, -0.2) is 13.9 Å². The van der Waals surface area contributed by atoms with Gasteiger partial charge in [0.15, 0.2) is 5.82 Å². The van der Waals surface area contributed by atoms with Crippen molar-refractivity contribution in [1.29, 1.82) is 0 Å². The summed E-state index contributed by atoms with van der Waals surface area (Å²) in [5, 5.41) is 8.09. The molecule has 1 heterocycles. The van der Waals surface area contributed by atoms with Crippen molar-refractivity contribution in [3.05, 3.63) is 75.4 Å². The quantitative estimate of drug-likeness (QED) is 0.556. The molecule has 0 bridgehead atoms. The maximum absolute atomic E-state index is 13.9. The molecule has 1 amide bonds. The van der Waals surface area contributed by atoms with Gasteiger partial charge < -0.3 is 5.32 Å². The first-order valence-corrected chi connectivity index (χ1v) is 11.8. The van der Waals surface area contributed by atoms with Gasteiger partial charge in [0.25, 0.3) is 0 Å². The van der Waals surface area contributed by atoms with Crippen LogP contribution in [0.5, 0.6) is 0 Å². The zero-order valence-corrected chi connectivity index (χ0v) is 19.0. The number of hydrogen-bond acceptors (Lipinski definition) is 3. The van der Waals surface area contributed by atoms with Gasteiger partial charge in [0, 0.05) is 28.6 Å². The molecule has 2 fully saturated rings. The molecular weight excluding hydrogens is 443 g/mol. The van der Waals surface area contributed by atoms with Crippen LogP contribution in [-0.4, -0.2) is 26.8 Å². The molecule has 6 nitrogen and oxygen atoms in total. The summed E-state index contributed by atoms with van der Waals surface area (Å²) in [5.41, 5.74) is 1.15. The molecular formula is C25H26ClFN4O2. The molecule has 2 aromatic carbocycles. The average molecular weight is 469 g/mol. The van der Waals surface area contributed by atoms with Crippen LogP contribution in [0.2, 0.25) is 5.02 Å². The highest BCUT2D eigenvalue weighted by Gasteiger charge is 2.36. The standard InChI is InChI=1S/C25H26ClFN4O2/c26-19-8-6-17(7-9-19)23-29-30(24(33)31(23)21-10-11-21)15-22(32)28-16-25(12-1-2-13-25)18-4-3-5-20(27)14-18/h3-9,14,21H,1-2,10-13,15-16H2,(H,28,32). The third-order valence-electron chi connectivity index (χ3n) is 6.80. The van der Waals surface area contributed by atoms with Crippen LogP contribution in [-0.2, 0) is 16.8 Å². The number of carbonyl (C=O) groups excluding carboxylic acids is 1. The molecule has 1 N–H and O–H groups in total. The van der Waals surface area contributed by atoms with E-state index in [1.165, 1.54) is 10.7 Å². The van der Waals surface area contributed by atoms with Gasteiger partial charge >= 0.3 is 5.69 Å². The van der Waals surface area contributed by atoms with Crippen LogP contribution in [0, 0.1) is 5.82 Å². The zero-order valence-electron chi connectivity index (χ0n) is 18.3. The minimum atomic E-state index is -0.279. The molecule has 8 heteroatoms. The summed E-state index contributed by atoms with van der Waals surface area (Å²) in [7, 11) is 0. The van der Waals surface area contributed by atoms with Crippen LogP contribution in [0.4, 0.5) is 4.39 Å². The number of carbonyl (C=O) groups is 1. The van der Waals surface area contributed by atoms with Gasteiger partial charge in [-0.2, -0.15) is 0 Å². The number of halogens is 2. The van der Waals surface area contributed by atoms with Crippen molar-refractivity contribution in [2.75, 3.05) is 6.54 Å². The Balaban J connectivity index is 1.34. The molecule has 2 aliphatic rings. The molecule has 0 aliphatic heterocycles. The third kappa shape index (κ3) is 4.47. The predicted octanol–water partition coefficient (Wildman–Crippen LogP) is 4.47. The van der Waals surface area contributed by atoms with Gasteiger partial charge in [-0.15, -0.1) is 5.10 Å². The third-order valence-corrected chi connectivity index (χ3v) is 7.05. The van der Waals surface area contributed by atoms with Crippen molar-refractivity contribution >= 4 is 17.5 Å². The number of aromatic nitrogens is 3. The first-order chi connectivity index (χ1) is 15.9. The van der Waals surface area contributed by atoms with Gasteiger partial charge in [0.1, 0.15) is 12.4 Å². The lowest BCUT2D eigenvalue weighted by molar-refractivity contribution is -0.122. The summed E-state index contributed by atoms with van der Waals surface area (Å²) in [6.45, 7) is 0.260. The Morgan fingerprint density at radius 1 is 1.15 bits per heavy atom. The van der Waals surface area contributed by atoms with E-state index in [4.69, 9.17) is 11.6 Å². The fourth-order valence-corrected chi connectivity index (χ4v) is 5.00. The molecule has 0 spiro atoms. The monoisotopic (exact) mass is 468 g/mol. The normalized spacial score (nSPS) is 17.3. The summed E-state index contributed by atoms with van der Waals surface area (Å²) in [6.07, 6.45) is 5.73. The van der Waals surface area contributed by atoms with Crippen LogP contribution < -0.4 is 11.0 Å². The van der Waals surface area contributed by atoms with Crippen molar-refractivity contribution in [3.8, 4) is 11.4 Å². The predicted molar refractivity (Wildman–Crippen MR) is 125 cm³/mol. The van der Waals surface area contributed by atoms with Crippen LogP contribution in [0.1, 0.15) is 50.1 Å². The first-order valence-electron chi connectivity index (χ1n) is 11.4. The Morgan fingerprint density at radius 2 is 1.88 bits per heavy atom. The van der Waals surface area contributed by atoms with E-state index >= 15 is 0 Å². The summed E-state index contributed by atoms with van der Waals surface area (Å²) >= 11 is 6.00. The highest BCUT2D eigenvalue weighted by atomic mass is 35.5. The fraction of sp³-hybridized carbons (Fsp3) is 0.400. The van der Waals surface area contributed by atoms with Gasteiger partial charge in [0.2, 0.25) is 5.91 Å². The minimum absolute atomic E-state index is 0.120. The van der Waals surface area contributed by atoms with E-state index in [0.29, 0.717) is 17.4 Å². The number of benzene rings is 2. The summed E-state index contributed by atoms with van der Waals surface area (Å²) < 4.78 is 16.8. The van der Waals surface area contributed by atoms with Crippen molar-refractivity contribution in [2.45, 2.75) is 56.5 Å². The molecule has 33 heavy (non-hydrogen) atoms. The molecule has 0 unspecified atom stereocenters. The van der Waals surface area contributed by atoms with Gasteiger partial charge in [0.05, 0.1) is 0 Å². The molecule has 1 aromatic heterocycles. The van der Waals surface area contributed by atoms with Crippen LogP contribution in [0.25, 0.3) is 11.4 Å². The number of nitrogens with zero attached hydrogens (tertiary/aromatic N) is 3. The van der Waals surface area contributed by atoms with E-state index < -0.39 is 0 Å². The Kier molecular flexibility index (Phi) is 5.83. The lowest BCUT2D eigenvalue weighted by Gasteiger charge is -2.30. The van der Waals surface area contributed by atoms with E-state index in [0.717, 1.165) is 49.7 Å². The number of rotatable bonds is 7. The lowest BCUT2D eigenvalue weighted by Crippen LogP contribution is -2.41. The van der Waals surface area contributed by atoms with E-state index in [1.807, 2.05) is 18.2 Å². The summed E-state index contributed by atoms with van der Waals surface area (Å²) in [6, 6.07) is 14.0. The SMILES string of the molecule is O=C(Cn1nc(-c2ccc(Cl)cc2)n(C2CC2)c1=O)NCC1(c2cccc(F)c2)CCCC1. The molecule has 3 aromatic rings. The van der Waals surface area contributed by atoms with E-state index in [1.54, 1.807) is 28.8 Å². The second-order valence-corrected chi connectivity index (χ2v) is 9.58. The molecule has 0 atom stereocenters. The Labute approximate surface area is 196 Å². The lowest BCUT2D eigenvalue weighted by atomic mass is 9.78. The van der Waals surface area contributed by atoms with Crippen LogP contribution >= 0.6 is 11.6 Å². The van der Waals surface area contributed by atoms with Crippen LogP contribution in [0.3, 0.4) is 0 Å². The number of nitrogens with one attached hydrogen (secondary N) is 1. The zero-order chi connectivity index (χ0) is 23.0. The molecule has 2 saturated carbocycles. The van der Waals surface area contributed by atoms with Crippen molar-refractivity contribution in [3.63, 3.8) is 0 Å². The maximum atomic E-state index is 13.9. The maximum Gasteiger partial charge on any atom is 0.346 e. The van der Waals surface area contributed by atoms with Gasteiger partial charge in [-0.05, 0) is 67.6 Å². The van der Waals surface area contributed by atoms with Gasteiger partial charge in [-0.3, -0.25) is 9.36 Å². The van der Waals surface area contributed by atoms with Crippen molar-refractivity contribution in [1.82, 2.24) is 19.7 Å². The van der Waals surface area contributed by atoms with Crippen molar-refractivity contribution < 1.29 is 9.18 Å². The fourth-order valence-electron chi connectivity index (χ4n) is 4.88. The van der Waals surface area contributed by atoms with Crippen molar-refractivity contribution in [2.24, 2.45) is 0 Å². The Bertz CT molecular complexity index is 1220. The average Bonchev–Trinajstić information content (AvgIpc) is 3.43. The van der Waals surface area contributed by atoms with E-state index in [-0.39, 0.29) is 35.4 Å². The molecule has 172 valence electrons. The van der Waals surface area contributed by atoms with E-state index in [2.05, 4.69) is 10.4 Å². The van der Waals surface area contributed by atoms with Gasteiger partial charge in [-0.1, -0.05) is 36.6 Å². The summed E-state index contributed by atoms with van der Waals surface area (Å²) in [4.78, 5) is 25.9. The summed E-state index contributed by atoms with van der Waals surface area (Å²) in [5.74, 6) is 0.0128. The second-order valence-electron chi connectivity index (χ2n) is 9.15. The largest absolute Gasteiger partial charge is 0.354 e. The molecule has 5 rings (SSSR count). The van der Waals surface area contributed by atoms with Crippen LogP contribution in [0.15, 0.2) is 53.3 Å². The molecule has 0 saturated heterocycles. The highest BCUT2D eigenvalue weighted by Crippen LogP contribution is 2.41. The number of amides is 1. The number of hydrogen-bond donors (Lipinski definition) is 1. The highest BCUT2D eigenvalue weighted by molar-refractivity contribution is 6.30. The Morgan fingerprint density at radius 3 is 2.55 bits per heavy atom. The minimum Gasteiger partial charge on any atom is -0.354 e. The molecule has 2 aliphatic carbocycles. The topological polar surface area (TPSA) is 68.9 Å². The first kappa shape index (κ1) is 21.9. The van der Waals surface area contributed by atoms with E-state index in [9.17, 15) is 14.0 Å². The smallest absolute Gasteiger partial charge is 0.346 e. The Hall–Kier alpha value is -2.93.